The molecule has 0 atom stereocenters. The molecular weight excluding hydrogens is 399 g/mol. The van der Waals surface area contributed by atoms with Gasteiger partial charge in [0.15, 0.2) is 0 Å². The molecule has 7 nitrogen and oxygen atoms in total. The largest absolute Gasteiger partial charge is 0.457 e. The summed E-state index contributed by atoms with van der Waals surface area (Å²) in [5.74, 6) is -0.540. The molecule has 0 aliphatic carbocycles. The number of halogens is 2. The van der Waals surface area contributed by atoms with E-state index in [1.807, 2.05) is 0 Å². The van der Waals surface area contributed by atoms with Crippen molar-refractivity contribution in [2.24, 2.45) is 0 Å². The van der Waals surface area contributed by atoms with E-state index in [0.717, 1.165) is 6.07 Å². The molecule has 0 radical (unpaired) electrons. The summed E-state index contributed by atoms with van der Waals surface area (Å²) >= 11 is 5.79. The van der Waals surface area contributed by atoms with Crippen LogP contribution in [0.3, 0.4) is 0 Å². The average Bonchev–Trinajstić information content (AvgIpc) is 2.71. The van der Waals surface area contributed by atoms with E-state index in [0.29, 0.717) is 16.5 Å². The summed E-state index contributed by atoms with van der Waals surface area (Å²) in [6.45, 7) is 0. The maximum atomic E-state index is 14.4. The van der Waals surface area contributed by atoms with Gasteiger partial charge in [-0.25, -0.2) is 9.18 Å². The monoisotopic (exact) mass is 414 g/mol. The third-order valence-electron chi connectivity index (χ3n) is 3.72. The van der Waals surface area contributed by atoms with E-state index in [1.165, 1.54) is 37.5 Å². The van der Waals surface area contributed by atoms with Crippen molar-refractivity contribution >= 4 is 34.9 Å². The van der Waals surface area contributed by atoms with Crippen LogP contribution < -0.4 is 20.7 Å². The number of carbonyl (C=O) groups is 2. The lowest BCUT2D eigenvalue weighted by Gasteiger charge is -2.11. The molecule has 0 fully saturated rings. The zero-order valence-corrected chi connectivity index (χ0v) is 16.0. The Morgan fingerprint density at radius 2 is 1.72 bits per heavy atom. The highest BCUT2D eigenvalue weighted by molar-refractivity contribution is 6.30. The Balaban J connectivity index is 1.66. The van der Waals surface area contributed by atoms with Gasteiger partial charge in [-0.1, -0.05) is 11.6 Å². The first-order valence-corrected chi connectivity index (χ1v) is 8.81. The zero-order chi connectivity index (χ0) is 20.8. The minimum Gasteiger partial charge on any atom is -0.457 e. The van der Waals surface area contributed by atoms with Gasteiger partial charge in [-0.05, 0) is 42.5 Å². The Morgan fingerprint density at radius 1 is 1.00 bits per heavy atom. The Hall–Kier alpha value is -3.65. The van der Waals surface area contributed by atoms with Crippen molar-refractivity contribution in [2.45, 2.75) is 0 Å². The predicted octanol–water partition coefficient (Wildman–Crippen LogP) is 4.67. The molecule has 3 aromatic rings. The summed E-state index contributed by atoms with van der Waals surface area (Å²) in [4.78, 5) is 27.6. The molecule has 0 spiro atoms. The highest BCUT2D eigenvalue weighted by atomic mass is 35.5. The number of aromatic nitrogens is 1. The average molecular weight is 415 g/mol. The van der Waals surface area contributed by atoms with Crippen LogP contribution in [-0.2, 0) is 0 Å². The van der Waals surface area contributed by atoms with Gasteiger partial charge >= 0.3 is 6.03 Å². The van der Waals surface area contributed by atoms with E-state index in [2.05, 4.69) is 20.9 Å². The van der Waals surface area contributed by atoms with Crippen LogP contribution in [0.2, 0.25) is 5.02 Å². The first-order valence-electron chi connectivity index (χ1n) is 8.44. The lowest BCUT2D eigenvalue weighted by molar-refractivity contribution is 0.0958. The number of urea groups is 1. The summed E-state index contributed by atoms with van der Waals surface area (Å²) in [5, 5.41) is 7.98. The van der Waals surface area contributed by atoms with Crippen LogP contribution in [0.1, 0.15) is 10.5 Å². The molecule has 9 heteroatoms. The van der Waals surface area contributed by atoms with E-state index in [4.69, 9.17) is 16.3 Å². The second-order valence-electron chi connectivity index (χ2n) is 5.79. The number of nitrogens with zero attached hydrogens (tertiary/aromatic N) is 1. The molecule has 3 N–H and O–H groups in total. The van der Waals surface area contributed by atoms with E-state index < -0.39 is 11.8 Å². The van der Waals surface area contributed by atoms with Gasteiger partial charge in [0.05, 0.1) is 5.69 Å². The van der Waals surface area contributed by atoms with Crippen LogP contribution in [0.25, 0.3) is 0 Å². The highest BCUT2D eigenvalue weighted by Crippen LogP contribution is 2.26. The van der Waals surface area contributed by atoms with E-state index in [9.17, 15) is 14.0 Å². The number of rotatable bonds is 5. The number of nitrogens with one attached hydrogen (secondary N) is 3. The van der Waals surface area contributed by atoms with Crippen LogP contribution in [-0.4, -0.2) is 24.0 Å². The summed E-state index contributed by atoms with van der Waals surface area (Å²) < 4.78 is 19.9. The molecule has 0 saturated carbocycles. The summed E-state index contributed by atoms with van der Waals surface area (Å²) in [6.07, 6.45) is 1.41. The summed E-state index contributed by atoms with van der Waals surface area (Å²) in [5.41, 5.74) is 0.657. The fourth-order valence-electron chi connectivity index (χ4n) is 2.34. The smallest absolute Gasteiger partial charge is 0.323 e. The number of carbonyl (C=O) groups excluding carboxylic acids is 2. The molecule has 0 unspecified atom stereocenters. The Kier molecular flexibility index (Phi) is 6.25. The van der Waals surface area contributed by atoms with E-state index in [-0.39, 0.29) is 23.0 Å². The normalized spacial score (nSPS) is 10.2. The number of hydrogen-bond donors (Lipinski definition) is 3. The van der Waals surface area contributed by atoms with Crippen LogP contribution in [0.5, 0.6) is 11.5 Å². The van der Waals surface area contributed by atoms with Crippen LogP contribution in [0, 0.1) is 5.82 Å². The number of benzene rings is 2. The highest BCUT2D eigenvalue weighted by Gasteiger charge is 2.11. The third kappa shape index (κ3) is 5.43. The first kappa shape index (κ1) is 20.1. The van der Waals surface area contributed by atoms with E-state index >= 15 is 0 Å². The van der Waals surface area contributed by atoms with Crippen molar-refractivity contribution in [3.63, 3.8) is 0 Å². The second-order valence-corrected chi connectivity index (χ2v) is 6.22. The number of pyridine rings is 1. The van der Waals surface area contributed by atoms with Gasteiger partial charge < -0.3 is 20.7 Å². The minimum atomic E-state index is -0.686. The van der Waals surface area contributed by atoms with Gasteiger partial charge in [0.2, 0.25) is 0 Å². The SMILES string of the molecule is CNC(=O)c1cc(Oc2ccc(NC(=O)Nc3ccc(Cl)cc3)c(F)c2)ccn1. The molecule has 2 aromatic carbocycles. The molecule has 1 aromatic heterocycles. The summed E-state index contributed by atoms with van der Waals surface area (Å²) in [6, 6.07) is 12.8. The number of amides is 3. The second kappa shape index (κ2) is 9.03. The molecular formula is C20H16ClFN4O3. The lowest BCUT2D eigenvalue weighted by Crippen LogP contribution is -2.20. The maximum absolute atomic E-state index is 14.4. The fourth-order valence-corrected chi connectivity index (χ4v) is 2.47. The number of hydrogen-bond acceptors (Lipinski definition) is 4. The van der Waals surface area contributed by atoms with Gasteiger partial charge in [0, 0.05) is 36.1 Å². The third-order valence-corrected chi connectivity index (χ3v) is 3.97. The standard InChI is InChI=1S/C20H16ClFN4O3/c1-23-19(27)18-11-15(8-9-24-18)29-14-6-7-17(16(22)10-14)26-20(28)25-13-4-2-12(21)3-5-13/h2-11H,1H3,(H,23,27)(H2,25,26,28). The van der Waals surface area contributed by atoms with Crippen molar-refractivity contribution in [3.05, 3.63) is 77.3 Å². The van der Waals surface area contributed by atoms with Gasteiger partial charge in [-0.2, -0.15) is 0 Å². The van der Waals surface area contributed by atoms with Crippen LogP contribution in [0.4, 0.5) is 20.6 Å². The van der Waals surface area contributed by atoms with Crippen LogP contribution >= 0.6 is 11.6 Å². The number of ether oxygens (including phenoxy) is 1. The van der Waals surface area contributed by atoms with Crippen LogP contribution in [0.15, 0.2) is 60.8 Å². The van der Waals surface area contributed by atoms with Crippen molar-refractivity contribution in [3.8, 4) is 11.5 Å². The molecule has 3 amide bonds. The van der Waals surface area contributed by atoms with Gasteiger partial charge in [0.1, 0.15) is 23.0 Å². The van der Waals surface area contributed by atoms with Crippen molar-refractivity contribution in [1.82, 2.24) is 10.3 Å². The quantitative estimate of drug-likeness (QED) is 0.565. The molecule has 0 aliphatic heterocycles. The summed E-state index contributed by atoms with van der Waals surface area (Å²) in [7, 11) is 1.49. The Labute approximate surface area is 170 Å². The molecule has 1 heterocycles. The zero-order valence-electron chi connectivity index (χ0n) is 15.2. The van der Waals surface area contributed by atoms with Gasteiger partial charge in [-0.3, -0.25) is 9.78 Å². The number of anilines is 2. The van der Waals surface area contributed by atoms with Gasteiger partial charge in [0.25, 0.3) is 5.91 Å². The van der Waals surface area contributed by atoms with Crippen molar-refractivity contribution < 1.29 is 18.7 Å². The molecule has 0 bridgehead atoms. The minimum absolute atomic E-state index is 0.0235. The Morgan fingerprint density at radius 3 is 2.41 bits per heavy atom. The molecule has 0 saturated heterocycles. The van der Waals surface area contributed by atoms with Crippen molar-refractivity contribution in [2.75, 3.05) is 17.7 Å². The fraction of sp³-hybridized carbons (Fsp3) is 0.0500. The maximum Gasteiger partial charge on any atom is 0.323 e. The molecule has 0 aliphatic rings. The predicted molar refractivity (Wildman–Crippen MR) is 108 cm³/mol. The first-order chi connectivity index (χ1) is 13.9. The lowest BCUT2D eigenvalue weighted by atomic mass is 10.2. The Bertz CT molecular complexity index is 1040. The van der Waals surface area contributed by atoms with E-state index in [1.54, 1.807) is 24.3 Å². The molecule has 148 valence electrons. The molecule has 3 rings (SSSR count). The van der Waals surface area contributed by atoms with Gasteiger partial charge in [-0.15, -0.1) is 0 Å². The topological polar surface area (TPSA) is 92.4 Å². The molecule has 29 heavy (non-hydrogen) atoms. The van der Waals surface area contributed by atoms with Crippen molar-refractivity contribution in [1.29, 1.82) is 0 Å².